The van der Waals surface area contributed by atoms with E-state index in [9.17, 15) is 0 Å². The molecular weight excluding hydrogens is 260 g/mol. The molecule has 1 aromatic rings. The molecule has 0 aliphatic carbocycles. The Labute approximate surface area is 98.5 Å². The van der Waals surface area contributed by atoms with Crippen molar-refractivity contribution in [3.8, 4) is 11.5 Å². The largest absolute Gasteiger partial charge is 0.497 e. The minimum Gasteiger partial charge on any atom is -0.497 e. The molecule has 1 aromatic carbocycles. The van der Waals surface area contributed by atoms with Gasteiger partial charge in [-0.15, -0.1) is 0 Å². The highest BCUT2D eigenvalue weighted by Crippen LogP contribution is 2.18. The summed E-state index contributed by atoms with van der Waals surface area (Å²) < 4.78 is 15.8. The van der Waals surface area contributed by atoms with Crippen molar-refractivity contribution in [2.75, 3.05) is 32.3 Å². The number of benzene rings is 1. The van der Waals surface area contributed by atoms with Crippen molar-refractivity contribution in [2.24, 2.45) is 0 Å². The molecule has 4 heteroatoms. The number of ether oxygens (including phenoxy) is 3. The van der Waals surface area contributed by atoms with E-state index in [1.165, 1.54) is 0 Å². The zero-order valence-electron chi connectivity index (χ0n) is 8.74. The molecule has 0 fully saturated rings. The van der Waals surface area contributed by atoms with E-state index < -0.39 is 0 Å². The Bertz CT molecular complexity index is 278. The maximum absolute atomic E-state index is 5.47. The molecule has 0 amide bonds. The van der Waals surface area contributed by atoms with Crippen molar-refractivity contribution < 1.29 is 14.2 Å². The van der Waals surface area contributed by atoms with Crippen LogP contribution in [0.3, 0.4) is 0 Å². The van der Waals surface area contributed by atoms with E-state index in [1.54, 1.807) is 7.11 Å². The van der Waals surface area contributed by atoms with Gasteiger partial charge in [0.1, 0.15) is 18.1 Å². The van der Waals surface area contributed by atoms with Gasteiger partial charge in [-0.3, -0.25) is 0 Å². The molecule has 0 aliphatic rings. The van der Waals surface area contributed by atoms with E-state index in [2.05, 4.69) is 15.9 Å². The summed E-state index contributed by atoms with van der Waals surface area (Å²) in [5.74, 6) is 1.60. The molecule has 0 unspecified atom stereocenters. The van der Waals surface area contributed by atoms with Crippen LogP contribution in [0.15, 0.2) is 24.3 Å². The standard InChI is InChI=1S/C11H15BrO3/c1-13-10-3-2-4-11(9-10)15-8-7-14-6-5-12/h2-4,9H,5-8H2,1H3. The average Bonchev–Trinajstić information content (AvgIpc) is 2.29. The van der Waals surface area contributed by atoms with Crippen LogP contribution in [0.25, 0.3) is 0 Å². The van der Waals surface area contributed by atoms with E-state index in [0.717, 1.165) is 16.8 Å². The Morgan fingerprint density at radius 2 is 1.93 bits per heavy atom. The first-order chi connectivity index (χ1) is 7.36. The van der Waals surface area contributed by atoms with Crippen LogP contribution in [-0.4, -0.2) is 32.3 Å². The molecule has 84 valence electrons. The monoisotopic (exact) mass is 274 g/mol. The molecule has 0 spiro atoms. The number of halogens is 1. The van der Waals surface area contributed by atoms with Crippen LogP contribution in [0.1, 0.15) is 0 Å². The molecule has 0 bridgehead atoms. The first kappa shape index (κ1) is 12.3. The summed E-state index contributed by atoms with van der Waals surface area (Å²) in [6.07, 6.45) is 0. The summed E-state index contributed by atoms with van der Waals surface area (Å²) in [7, 11) is 1.64. The van der Waals surface area contributed by atoms with Gasteiger partial charge in [-0.25, -0.2) is 0 Å². The topological polar surface area (TPSA) is 27.7 Å². The second-order valence-electron chi connectivity index (χ2n) is 2.83. The average molecular weight is 275 g/mol. The molecule has 0 radical (unpaired) electrons. The molecule has 1 rings (SSSR count). The van der Waals surface area contributed by atoms with E-state index >= 15 is 0 Å². The van der Waals surface area contributed by atoms with Crippen LogP contribution in [0.5, 0.6) is 11.5 Å². The lowest BCUT2D eigenvalue weighted by Crippen LogP contribution is -2.07. The zero-order valence-corrected chi connectivity index (χ0v) is 10.3. The Hall–Kier alpha value is -0.740. The SMILES string of the molecule is COc1cccc(OCCOCCBr)c1. The Balaban J connectivity index is 2.24. The summed E-state index contributed by atoms with van der Waals surface area (Å²) in [6, 6.07) is 7.53. The fourth-order valence-corrected chi connectivity index (χ4v) is 1.29. The highest BCUT2D eigenvalue weighted by molar-refractivity contribution is 9.09. The van der Waals surface area contributed by atoms with Crippen molar-refractivity contribution in [3.05, 3.63) is 24.3 Å². The number of methoxy groups -OCH3 is 1. The van der Waals surface area contributed by atoms with Gasteiger partial charge in [-0.05, 0) is 12.1 Å². The summed E-state index contributed by atoms with van der Waals surface area (Å²) >= 11 is 3.28. The maximum Gasteiger partial charge on any atom is 0.123 e. The molecule has 0 aromatic heterocycles. The first-order valence-corrected chi connectivity index (χ1v) is 5.89. The van der Waals surface area contributed by atoms with E-state index in [-0.39, 0.29) is 0 Å². The normalized spacial score (nSPS) is 10.0. The third kappa shape index (κ3) is 5.04. The van der Waals surface area contributed by atoms with Gasteiger partial charge in [-0.2, -0.15) is 0 Å². The number of hydrogen-bond donors (Lipinski definition) is 0. The van der Waals surface area contributed by atoms with Crippen LogP contribution in [0.2, 0.25) is 0 Å². The third-order valence-electron chi connectivity index (χ3n) is 1.76. The van der Waals surface area contributed by atoms with Crippen molar-refractivity contribution in [1.29, 1.82) is 0 Å². The lowest BCUT2D eigenvalue weighted by Gasteiger charge is -2.07. The van der Waals surface area contributed by atoms with Gasteiger partial charge in [0.25, 0.3) is 0 Å². The lowest BCUT2D eigenvalue weighted by molar-refractivity contribution is 0.112. The van der Waals surface area contributed by atoms with Crippen molar-refractivity contribution >= 4 is 15.9 Å². The molecule has 0 saturated carbocycles. The van der Waals surface area contributed by atoms with Gasteiger partial charge < -0.3 is 14.2 Å². The molecule has 0 heterocycles. The predicted molar refractivity (Wildman–Crippen MR) is 63.1 cm³/mol. The Morgan fingerprint density at radius 1 is 1.13 bits per heavy atom. The van der Waals surface area contributed by atoms with Gasteiger partial charge >= 0.3 is 0 Å². The molecular formula is C11H15BrO3. The number of rotatable bonds is 7. The zero-order chi connectivity index (χ0) is 10.9. The highest BCUT2D eigenvalue weighted by atomic mass is 79.9. The Morgan fingerprint density at radius 3 is 2.67 bits per heavy atom. The van der Waals surface area contributed by atoms with Gasteiger partial charge in [0.15, 0.2) is 0 Å². The highest BCUT2D eigenvalue weighted by Gasteiger charge is 1.96. The summed E-state index contributed by atoms with van der Waals surface area (Å²) in [6.45, 7) is 1.87. The van der Waals surface area contributed by atoms with Gasteiger partial charge in [0.05, 0.1) is 20.3 Å². The quantitative estimate of drug-likeness (QED) is 0.565. The van der Waals surface area contributed by atoms with Crippen LogP contribution < -0.4 is 9.47 Å². The molecule has 15 heavy (non-hydrogen) atoms. The van der Waals surface area contributed by atoms with Crippen LogP contribution in [0.4, 0.5) is 0 Å². The van der Waals surface area contributed by atoms with Gasteiger partial charge in [0, 0.05) is 11.4 Å². The van der Waals surface area contributed by atoms with Crippen molar-refractivity contribution in [2.45, 2.75) is 0 Å². The molecule has 3 nitrogen and oxygen atoms in total. The van der Waals surface area contributed by atoms with Crippen LogP contribution in [-0.2, 0) is 4.74 Å². The molecule has 0 saturated heterocycles. The van der Waals surface area contributed by atoms with Crippen molar-refractivity contribution in [1.82, 2.24) is 0 Å². The van der Waals surface area contributed by atoms with E-state index in [4.69, 9.17) is 14.2 Å². The van der Waals surface area contributed by atoms with Crippen molar-refractivity contribution in [3.63, 3.8) is 0 Å². The summed E-state index contributed by atoms with van der Waals surface area (Å²) in [4.78, 5) is 0. The Kier molecular flexibility index (Phi) is 6.20. The fraction of sp³-hybridized carbons (Fsp3) is 0.455. The second kappa shape index (κ2) is 7.54. The van der Waals surface area contributed by atoms with Gasteiger partial charge in [-0.1, -0.05) is 22.0 Å². The predicted octanol–water partition coefficient (Wildman–Crippen LogP) is 2.49. The number of hydrogen-bond acceptors (Lipinski definition) is 3. The maximum atomic E-state index is 5.47. The third-order valence-corrected chi connectivity index (χ3v) is 2.08. The van der Waals surface area contributed by atoms with E-state index in [0.29, 0.717) is 19.8 Å². The smallest absolute Gasteiger partial charge is 0.123 e. The molecule has 0 N–H and O–H groups in total. The minimum atomic E-state index is 0.556. The van der Waals surface area contributed by atoms with Gasteiger partial charge in [0.2, 0.25) is 0 Å². The summed E-state index contributed by atoms with van der Waals surface area (Å²) in [5, 5.41) is 0.853. The second-order valence-corrected chi connectivity index (χ2v) is 3.62. The summed E-state index contributed by atoms with van der Waals surface area (Å²) in [5.41, 5.74) is 0. The van der Waals surface area contributed by atoms with Crippen LogP contribution in [0, 0.1) is 0 Å². The fourth-order valence-electron chi connectivity index (χ4n) is 1.07. The lowest BCUT2D eigenvalue weighted by atomic mass is 10.3. The van der Waals surface area contributed by atoms with E-state index in [1.807, 2.05) is 24.3 Å². The van der Waals surface area contributed by atoms with Crippen LogP contribution >= 0.6 is 15.9 Å². The minimum absolute atomic E-state index is 0.556. The first-order valence-electron chi connectivity index (χ1n) is 4.77. The molecule has 0 aliphatic heterocycles. The number of alkyl halides is 1. The molecule has 0 atom stereocenters.